The van der Waals surface area contributed by atoms with Crippen LogP contribution in [0.3, 0.4) is 0 Å². The largest absolute Gasteiger partial charge is 0.454 e. The normalized spacial score (nSPS) is 20.6. The van der Waals surface area contributed by atoms with Gasteiger partial charge in [0.2, 0.25) is 12.7 Å². The molecule has 3 aliphatic rings. The van der Waals surface area contributed by atoms with E-state index >= 15 is 0 Å². The molecular formula is C29H35N3O3. The Labute approximate surface area is 207 Å². The third-order valence-electron chi connectivity index (χ3n) is 7.97. The standard InChI is InChI=1S/C29H35N3O3/c33-29-16-24-15-28-27(34-20-35-28)14-22(24)10-13-32(29)19-21-6-3-4-11-31(18-21)12-5-7-23-17-30-26-9-2-1-8-25(23)26/h1-2,8-9,14-15,17,21,30H,3-7,10-13,16,18-20H2. The van der Waals surface area contributed by atoms with Gasteiger partial charge in [-0.25, -0.2) is 0 Å². The summed E-state index contributed by atoms with van der Waals surface area (Å²) in [6.07, 6.45) is 9.53. The number of carbonyl (C=O) groups is 1. The number of aromatic amines is 1. The van der Waals surface area contributed by atoms with Crippen molar-refractivity contribution < 1.29 is 14.3 Å². The van der Waals surface area contributed by atoms with Gasteiger partial charge in [-0.1, -0.05) is 24.6 Å². The van der Waals surface area contributed by atoms with Crippen molar-refractivity contribution in [1.29, 1.82) is 0 Å². The topological polar surface area (TPSA) is 57.8 Å². The van der Waals surface area contributed by atoms with Gasteiger partial charge in [0.1, 0.15) is 0 Å². The van der Waals surface area contributed by atoms with E-state index in [-0.39, 0.29) is 12.7 Å². The molecule has 1 atom stereocenters. The maximum absolute atomic E-state index is 13.2. The average molecular weight is 474 g/mol. The first-order valence-electron chi connectivity index (χ1n) is 13.2. The van der Waals surface area contributed by atoms with E-state index in [0.717, 1.165) is 56.1 Å². The summed E-state index contributed by atoms with van der Waals surface area (Å²) >= 11 is 0. The molecule has 1 aromatic heterocycles. The van der Waals surface area contributed by atoms with Gasteiger partial charge >= 0.3 is 0 Å². The molecule has 3 aromatic rings. The fourth-order valence-electron chi connectivity index (χ4n) is 6.08. The number of rotatable bonds is 6. The number of ether oxygens (including phenoxy) is 2. The lowest BCUT2D eigenvalue weighted by Gasteiger charge is -2.29. The first-order valence-corrected chi connectivity index (χ1v) is 13.2. The van der Waals surface area contributed by atoms with Gasteiger partial charge in [0.15, 0.2) is 11.5 Å². The second kappa shape index (κ2) is 9.94. The number of hydrogen-bond donors (Lipinski definition) is 1. The Morgan fingerprint density at radius 1 is 1.03 bits per heavy atom. The van der Waals surface area contributed by atoms with Gasteiger partial charge < -0.3 is 24.3 Å². The lowest BCUT2D eigenvalue weighted by atomic mass is 10.0. The van der Waals surface area contributed by atoms with Crippen LogP contribution in [0, 0.1) is 5.92 Å². The number of H-pyrrole nitrogens is 1. The second-order valence-electron chi connectivity index (χ2n) is 10.4. The Bertz CT molecular complexity index is 1200. The van der Waals surface area contributed by atoms with Crippen LogP contribution in [0.15, 0.2) is 42.6 Å². The molecule has 4 heterocycles. The highest BCUT2D eigenvalue weighted by Crippen LogP contribution is 2.36. The summed E-state index contributed by atoms with van der Waals surface area (Å²) in [5.41, 5.74) is 4.97. The van der Waals surface area contributed by atoms with E-state index in [0.29, 0.717) is 12.3 Å². The number of likely N-dealkylation sites (tertiary alicyclic amines) is 1. The summed E-state index contributed by atoms with van der Waals surface area (Å²) in [4.78, 5) is 21.3. The van der Waals surface area contributed by atoms with Crippen molar-refractivity contribution in [3.05, 3.63) is 59.3 Å². The highest BCUT2D eigenvalue weighted by molar-refractivity contribution is 5.83. The predicted molar refractivity (Wildman–Crippen MR) is 137 cm³/mol. The van der Waals surface area contributed by atoms with Crippen LogP contribution in [0.5, 0.6) is 11.5 Å². The smallest absolute Gasteiger partial charge is 0.231 e. The van der Waals surface area contributed by atoms with Gasteiger partial charge in [-0.15, -0.1) is 0 Å². The van der Waals surface area contributed by atoms with Crippen LogP contribution in [-0.4, -0.2) is 60.2 Å². The Morgan fingerprint density at radius 3 is 2.80 bits per heavy atom. The van der Waals surface area contributed by atoms with Crippen LogP contribution in [0.1, 0.15) is 42.4 Å². The van der Waals surface area contributed by atoms with E-state index in [2.05, 4.69) is 51.3 Å². The molecule has 0 saturated carbocycles. The number of aryl methyl sites for hydroxylation is 1. The Morgan fingerprint density at radius 2 is 1.89 bits per heavy atom. The van der Waals surface area contributed by atoms with E-state index in [4.69, 9.17) is 9.47 Å². The zero-order valence-corrected chi connectivity index (χ0v) is 20.4. The molecular weight excluding hydrogens is 438 g/mol. The van der Waals surface area contributed by atoms with Crippen molar-refractivity contribution in [3.63, 3.8) is 0 Å². The Hall–Kier alpha value is -2.99. The van der Waals surface area contributed by atoms with Crippen LogP contribution in [0.2, 0.25) is 0 Å². The van der Waals surface area contributed by atoms with Gasteiger partial charge in [0.05, 0.1) is 6.42 Å². The predicted octanol–water partition coefficient (Wildman–Crippen LogP) is 4.56. The van der Waals surface area contributed by atoms with Gasteiger partial charge in [-0.3, -0.25) is 4.79 Å². The quantitative estimate of drug-likeness (QED) is 0.570. The summed E-state index contributed by atoms with van der Waals surface area (Å²) in [5.74, 6) is 2.39. The van der Waals surface area contributed by atoms with Crippen LogP contribution >= 0.6 is 0 Å². The SMILES string of the molecule is O=C1Cc2cc3c(cc2CCN1CC1CCCCN(CCCc2c[nH]c4ccccc24)C1)OCO3. The molecule has 1 saturated heterocycles. The zero-order chi connectivity index (χ0) is 23.6. The fourth-order valence-corrected chi connectivity index (χ4v) is 6.08. The monoisotopic (exact) mass is 473 g/mol. The summed E-state index contributed by atoms with van der Waals surface area (Å²) in [5, 5.41) is 1.35. The number of nitrogens with one attached hydrogen (secondary N) is 1. The lowest BCUT2D eigenvalue weighted by Crippen LogP contribution is -2.40. The molecule has 0 radical (unpaired) electrons. The molecule has 6 heteroatoms. The van der Waals surface area contributed by atoms with Gasteiger partial charge in [-0.2, -0.15) is 0 Å². The van der Waals surface area contributed by atoms with Crippen LogP contribution < -0.4 is 9.47 Å². The van der Waals surface area contributed by atoms with Crippen molar-refractivity contribution in [2.45, 2.75) is 44.9 Å². The van der Waals surface area contributed by atoms with E-state index < -0.39 is 0 Å². The third kappa shape index (κ3) is 4.90. The van der Waals surface area contributed by atoms with Gasteiger partial charge in [0, 0.05) is 36.7 Å². The molecule has 0 aliphatic carbocycles. The molecule has 2 aromatic carbocycles. The molecule has 0 bridgehead atoms. The molecule has 3 aliphatic heterocycles. The minimum atomic E-state index is 0.248. The van der Waals surface area contributed by atoms with Crippen LogP contribution in [-0.2, 0) is 24.1 Å². The molecule has 35 heavy (non-hydrogen) atoms. The van der Waals surface area contributed by atoms with Crippen LogP contribution in [0.4, 0.5) is 0 Å². The lowest BCUT2D eigenvalue weighted by molar-refractivity contribution is -0.130. The maximum atomic E-state index is 13.2. The molecule has 6 rings (SSSR count). The third-order valence-corrected chi connectivity index (χ3v) is 7.97. The first-order chi connectivity index (χ1) is 17.2. The minimum absolute atomic E-state index is 0.248. The number of fused-ring (bicyclic) bond motifs is 3. The number of para-hydroxylation sites is 1. The number of carbonyl (C=O) groups excluding carboxylic acids is 1. The van der Waals surface area contributed by atoms with Crippen molar-refractivity contribution in [2.24, 2.45) is 5.92 Å². The van der Waals surface area contributed by atoms with E-state index in [9.17, 15) is 4.79 Å². The minimum Gasteiger partial charge on any atom is -0.454 e. The average Bonchev–Trinajstić information content (AvgIpc) is 3.38. The zero-order valence-electron chi connectivity index (χ0n) is 20.4. The van der Waals surface area contributed by atoms with E-state index in [1.165, 1.54) is 54.3 Å². The van der Waals surface area contributed by atoms with E-state index in [1.807, 2.05) is 6.07 Å². The Balaban J connectivity index is 1.04. The maximum Gasteiger partial charge on any atom is 0.231 e. The highest BCUT2D eigenvalue weighted by atomic mass is 16.7. The van der Waals surface area contributed by atoms with Gasteiger partial charge in [-0.05, 0) is 86.0 Å². The summed E-state index contributed by atoms with van der Waals surface area (Å²) in [6.45, 7) is 5.34. The fraction of sp³-hybridized carbons (Fsp3) is 0.483. The van der Waals surface area contributed by atoms with Crippen molar-refractivity contribution in [3.8, 4) is 11.5 Å². The number of amides is 1. The van der Waals surface area contributed by atoms with E-state index in [1.54, 1.807) is 0 Å². The summed E-state index contributed by atoms with van der Waals surface area (Å²) < 4.78 is 11.1. The highest BCUT2D eigenvalue weighted by Gasteiger charge is 2.27. The number of aromatic nitrogens is 1. The second-order valence-corrected chi connectivity index (χ2v) is 10.4. The molecule has 1 amide bonds. The van der Waals surface area contributed by atoms with Gasteiger partial charge in [0.25, 0.3) is 0 Å². The van der Waals surface area contributed by atoms with Crippen molar-refractivity contribution >= 4 is 16.8 Å². The summed E-state index contributed by atoms with van der Waals surface area (Å²) in [7, 11) is 0. The van der Waals surface area contributed by atoms with Crippen molar-refractivity contribution in [1.82, 2.24) is 14.8 Å². The molecule has 184 valence electrons. The molecule has 1 N–H and O–H groups in total. The number of nitrogens with zero attached hydrogens (tertiary/aromatic N) is 2. The Kier molecular flexibility index (Phi) is 6.38. The molecule has 0 spiro atoms. The molecule has 1 unspecified atom stereocenters. The molecule has 6 nitrogen and oxygen atoms in total. The molecule has 1 fully saturated rings. The summed E-state index contributed by atoms with van der Waals surface area (Å²) in [6, 6.07) is 12.7. The first kappa shape index (κ1) is 22.5. The number of benzene rings is 2. The van der Waals surface area contributed by atoms with Crippen molar-refractivity contribution in [2.75, 3.05) is 39.5 Å². The van der Waals surface area contributed by atoms with Crippen LogP contribution in [0.25, 0.3) is 10.9 Å². The number of hydrogen-bond acceptors (Lipinski definition) is 4.